The average Bonchev–Trinajstić information content (AvgIpc) is 2.44. The van der Waals surface area contributed by atoms with Gasteiger partial charge >= 0.3 is 0 Å². The van der Waals surface area contributed by atoms with Gasteiger partial charge in [-0.2, -0.15) is 0 Å². The number of likely N-dealkylation sites (tertiary alicyclic amines) is 1. The highest BCUT2D eigenvalue weighted by Gasteiger charge is 2.22. The summed E-state index contributed by atoms with van der Waals surface area (Å²) in [7, 11) is 2.00. The fourth-order valence-electron chi connectivity index (χ4n) is 2.94. The number of amides is 1. The van der Waals surface area contributed by atoms with Gasteiger partial charge in [0.05, 0.1) is 6.42 Å². The molecule has 110 valence electrons. The minimum atomic E-state index is 0.279. The van der Waals surface area contributed by atoms with Gasteiger partial charge < -0.3 is 10.2 Å². The molecule has 1 N–H and O–H groups in total. The number of carbonyl (C=O) groups is 1. The van der Waals surface area contributed by atoms with Gasteiger partial charge in [-0.15, -0.1) is 0 Å². The zero-order chi connectivity index (χ0) is 14.5. The van der Waals surface area contributed by atoms with E-state index in [1.165, 1.54) is 16.7 Å². The second-order valence-corrected chi connectivity index (χ2v) is 5.99. The number of benzene rings is 1. The van der Waals surface area contributed by atoms with Crippen LogP contribution in [0.5, 0.6) is 0 Å². The van der Waals surface area contributed by atoms with Crippen LogP contribution in [0.4, 0.5) is 0 Å². The zero-order valence-electron chi connectivity index (χ0n) is 12.9. The molecule has 1 aromatic carbocycles. The molecule has 20 heavy (non-hydrogen) atoms. The molecule has 0 spiro atoms. The van der Waals surface area contributed by atoms with Gasteiger partial charge in [-0.25, -0.2) is 0 Å². The quantitative estimate of drug-likeness (QED) is 0.914. The molecule has 2 rings (SSSR count). The van der Waals surface area contributed by atoms with E-state index >= 15 is 0 Å². The Balaban J connectivity index is 1.91. The van der Waals surface area contributed by atoms with Crippen LogP contribution in [-0.2, 0) is 11.2 Å². The van der Waals surface area contributed by atoms with Crippen molar-refractivity contribution in [2.24, 2.45) is 5.92 Å². The van der Waals surface area contributed by atoms with Crippen molar-refractivity contribution in [1.29, 1.82) is 0 Å². The smallest absolute Gasteiger partial charge is 0.226 e. The average molecular weight is 274 g/mol. The maximum atomic E-state index is 12.4. The molecule has 0 saturated carbocycles. The molecule has 1 heterocycles. The first-order valence-electron chi connectivity index (χ1n) is 7.58. The normalized spacial score (nSPS) is 16.4. The molecule has 0 aromatic heterocycles. The van der Waals surface area contributed by atoms with Crippen LogP contribution in [0.3, 0.4) is 0 Å². The Kier molecular flexibility index (Phi) is 5.18. The topological polar surface area (TPSA) is 32.3 Å². The molecular formula is C17H26N2O. The van der Waals surface area contributed by atoms with Crippen LogP contribution in [0.25, 0.3) is 0 Å². The van der Waals surface area contributed by atoms with Crippen molar-refractivity contribution in [1.82, 2.24) is 10.2 Å². The Hall–Kier alpha value is -1.35. The van der Waals surface area contributed by atoms with Crippen LogP contribution in [0.1, 0.15) is 29.5 Å². The number of aryl methyl sites for hydroxylation is 2. The van der Waals surface area contributed by atoms with Crippen molar-refractivity contribution in [3.05, 3.63) is 34.9 Å². The summed E-state index contributed by atoms with van der Waals surface area (Å²) in [5.74, 6) is 1.01. The Morgan fingerprint density at radius 1 is 1.30 bits per heavy atom. The van der Waals surface area contributed by atoms with E-state index in [-0.39, 0.29) is 5.91 Å². The van der Waals surface area contributed by atoms with Crippen molar-refractivity contribution >= 4 is 5.91 Å². The van der Waals surface area contributed by atoms with Gasteiger partial charge in [0, 0.05) is 13.1 Å². The number of hydrogen-bond acceptors (Lipinski definition) is 2. The Morgan fingerprint density at radius 2 is 2.00 bits per heavy atom. The summed E-state index contributed by atoms with van der Waals surface area (Å²) in [6, 6.07) is 6.35. The van der Waals surface area contributed by atoms with Crippen molar-refractivity contribution in [3.8, 4) is 0 Å². The minimum Gasteiger partial charge on any atom is -0.342 e. The Morgan fingerprint density at radius 3 is 2.65 bits per heavy atom. The van der Waals surface area contributed by atoms with Crippen LogP contribution in [0.15, 0.2) is 18.2 Å². The van der Waals surface area contributed by atoms with Gasteiger partial charge in [0.15, 0.2) is 0 Å². The van der Waals surface area contributed by atoms with E-state index in [0.717, 1.165) is 38.4 Å². The molecular weight excluding hydrogens is 248 g/mol. The van der Waals surface area contributed by atoms with Crippen LogP contribution in [-0.4, -0.2) is 37.5 Å². The lowest BCUT2D eigenvalue weighted by molar-refractivity contribution is -0.131. The standard InChI is InChI=1S/C17H26N2O/c1-13-4-5-14(2)16(10-13)11-17(20)19-8-6-15(7-9-19)12-18-3/h4-5,10,15,18H,6-9,11-12H2,1-3H3. The molecule has 1 amide bonds. The van der Waals surface area contributed by atoms with E-state index in [4.69, 9.17) is 0 Å². The third-order valence-electron chi connectivity index (χ3n) is 4.31. The molecule has 3 nitrogen and oxygen atoms in total. The zero-order valence-corrected chi connectivity index (χ0v) is 12.9. The highest BCUT2D eigenvalue weighted by atomic mass is 16.2. The van der Waals surface area contributed by atoms with Crippen molar-refractivity contribution in [2.75, 3.05) is 26.7 Å². The molecule has 0 aliphatic carbocycles. The molecule has 0 radical (unpaired) electrons. The molecule has 1 fully saturated rings. The predicted molar refractivity (Wildman–Crippen MR) is 82.9 cm³/mol. The van der Waals surface area contributed by atoms with E-state index in [1.54, 1.807) is 0 Å². The van der Waals surface area contributed by atoms with E-state index < -0.39 is 0 Å². The third-order valence-corrected chi connectivity index (χ3v) is 4.31. The number of rotatable bonds is 4. The Labute approximate surface area is 122 Å². The third kappa shape index (κ3) is 3.83. The molecule has 1 aliphatic heterocycles. The number of nitrogens with one attached hydrogen (secondary N) is 1. The molecule has 0 unspecified atom stereocenters. The Bertz CT molecular complexity index is 462. The SMILES string of the molecule is CNCC1CCN(C(=O)Cc2cc(C)ccc2C)CC1. The first-order chi connectivity index (χ1) is 9.60. The summed E-state index contributed by atoms with van der Waals surface area (Å²) in [4.78, 5) is 14.4. The molecule has 3 heteroatoms. The van der Waals surface area contributed by atoms with Gasteiger partial charge in [0.1, 0.15) is 0 Å². The van der Waals surface area contributed by atoms with Crippen molar-refractivity contribution in [3.63, 3.8) is 0 Å². The fourth-order valence-corrected chi connectivity index (χ4v) is 2.94. The van der Waals surface area contributed by atoms with Gasteiger partial charge in [-0.05, 0) is 57.3 Å². The van der Waals surface area contributed by atoms with Crippen LogP contribution < -0.4 is 5.32 Å². The van der Waals surface area contributed by atoms with Gasteiger partial charge in [0.25, 0.3) is 0 Å². The summed E-state index contributed by atoms with van der Waals surface area (Å²) < 4.78 is 0. The van der Waals surface area contributed by atoms with Crippen molar-refractivity contribution < 1.29 is 4.79 Å². The lowest BCUT2D eigenvalue weighted by Gasteiger charge is -2.32. The van der Waals surface area contributed by atoms with Gasteiger partial charge in [-0.1, -0.05) is 23.8 Å². The van der Waals surface area contributed by atoms with Gasteiger partial charge in [0.2, 0.25) is 5.91 Å². The monoisotopic (exact) mass is 274 g/mol. The molecule has 0 atom stereocenters. The first kappa shape index (κ1) is 15.0. The first-order valence-corrected chi connectivity index (χ1v) is 7.58. The minimum absolute atomic E-state index is 0.279. The lowest BCUT2D eigenvalue weighted by atomic mass is 9.96. The van der Waals surface area contributed by atoms with E-state index in [9.17, 15) is 4.79 Å². The fraction of sp³-hybridized carbons (Fsp3) is 0.588. The van der Waals surface area contributed by atoms with Gasteiger partial charge in [-0.3, -0.25) is 4.79 Å². The lowest BCUT2D eigenvalue weighted by Crippen LogP contribution is -2.41. The number of nitrogens with zero attached hydrogens (tertiary/aromatic N) is 1. The number of hydrogen-bond donors (Lipinski definition) is 1. The summed E-state index contributed by atoms with van der Waals surface area (Å²) in [5, 5.41) is 3.23. The highest BCUT2D eigenvalue weighted by Crippen LogP contribution is 2.18. The molecule has 1 aliphatic rings. The molecule has 0 bridgehead atoms. The van der Waals surface area contributed by atoms with E-state index in [2.05, 4.69) is 37.4 Å². The highest BCUT2D eigenvalue weighted by molar-refractivity contribution is 5.79. The number of carbonyl (C=O) groups excluding carboxylic acids is 1. The van der Waals surface area contributed by atoms with Crippen molar-refractivity contribution in [2.45, 2.75) is 33.1 Å². The molecule has 1 saturated heterocycles. The van der Waals surface area contributed by atoms with E-state index in [1.807, 2.05) is 11.9 Å². The van der Waals surface area contributed by atoms with E-state index in [0.29, 0.717) is 6.42 Å². The summed E-state index contributed by atoms with van der Waals surface area (Å²) in [5.41, 5.74) is 3.62. The van der Waals surface area contributed by atoms with Crippen LogP contribution in [0.2, 0.25) is 0 Å². The summed E-state index contributed by atoms with van der Waals surface area (Å²) >= 11 is 0. The number of piperidine rings is 1. The summed E-state index contributed by atoms with van der Waals surface area (Å²) in [6.45, 7) is 7.06. The maximum Gasteiger partial charge on any atom is 0.226 e. The largest absolute Gasteiger partial charge is 0.342 e. The van der Waals surface area contributed by atoms with Crippen LogP contribution in [0, 0.1) is 19.8 Å². The second-order valence-electron chi connectivity index (χ2n) is 5.99. The summed E-state index contributed by atoms with van der Waals surface area (Å²) in [6.07, 6.45) is 2.79. The van der Waals surface area contributed by atoms with Crippen LogP contribution >= 0.6 is 0 Å². The second kappa shape index (κ2) is 6.89. The maximum absolute atomic E-state index is 12.4. The molecule has 1 aromatic rings. The predicted octanol–water partition coefficient (Wildman–Crippen LogP) is 2.30.